The molecule has 0 saturated carbocycles. The zero-order chi connectivity index (χ0) is 14.5. The lowest BCUT2D eigenvalue weighted by Crippen LogP contribution is -2.42. The van der Waals surface area contributed by atoms with Crippen LogP contribution >= 0.6 is 0 Å². The largest absolute Gasteiger partial charge is 0.401 e. The number of nitrogens with zero attached hydrogens (tertiary/aromatic N) is 1. The third kappa shape index (κ3) is 5.51. The first-order valence-corrected chi connectivity index (χ1v) is 6.44. The number of anilines is 1. The summed E-state index contributed by atoms with van der Waals surface area (Å²) in [6.45, 7) is 6.06. The zero-order valence-corrected chi connectivity index (χ0v) is 11.6. The third-order valence-electron chi connectivity index (χ3n) is 2.97. The van der Waals surface area contributed by atoms with Crippen LogP contribution in [-0.2, 0) is 0 Å². The van der Waals surface area contributed by atoms with Gasteiger partial charge in [0.1, 0.15) is 0 Å². The highest BCUT2D eigenvalue weighted by Crippen LogP contribution is 2.18. The van der Waals surface area contributed by atoms with E-state index in [1.54, 1.807) is 0 Å². The predicted octanol–water partition coefficient (Wildman–Crippen LogP) is 3.36. The van der Waals surface area contributed by atoms with Gasteiger partial charge in [-0.2, -0.15) is 13.2 Å². The average molecular weight is 274 g/mol. The van der Waals surface area contributed by atoms with Crippen LogP contribution in [0.2, 0.25) is 0 Å². The Balaban J connectivity index is 2.59. The number of rotatable bonds is 6. The van der Waals surface area contributed by atoms with Gasteiger partial charge in [0.25, 0.3) is 0 Å². The topological polar surface area (TPSA) is 15.3 Å². The minimum Gasteiger partial charge on any atom is -0.368 e. The summed E-state index contributed by atoms with van der Waals surface area (Å²) in [4.78, 5) is 2.09. The van der Waals surface area contributed by atoms with E-state index < -0.39 is 12.7 Å². The Labute approximate surface area is 112 Å². The van der Waals surface area contributed by atoms with Crippen molar-refractivity contribution in [2.24, 2.45) is 0 Å². The van der Waals surface area contributed by atoms with Crippen molar-refractivity contribution in [2.75, 3.05) is 24.5 Å². The van der Waals surface area contributed by atoms with Gasteiger partial charge in [-0.1, -0.05) is 12.1 Å². The Morgan fingerprint density at radius 1 is 1.32 bits per heavy atom. The van der Waals surface area contributed by atoms with Gasteiger partial charge in [-0.15, -0.1) is 0 Å². The van der Waals surface area contributed by atoms with E-state index in [1.807, 2.05) is 45.0 Å². The Hall–Kier alpha value is -1.23. The number of hydrogen-bond donors (Lipinski definition) is 1. The summed E-state index contributed by atoms with van der Waals surface area (Å²) in [7, 11) is 0. The van der Waals surface area contributed by atoms with Crippen LogP contribution in [0.25, 0.3) is 0 Å². The first-order valence-electron chi connectivity index (χ1n) is 6.44. The number of alkyl halides is 3. The molecule has 0 aliphatic heterocycles. The lowest BCUT2D eigenvalue weighted by atomic mass is 10.1. The summed E-state index contributed by atoms with van der Waals surface area (Å²) in [6.07, 6.45) is -4.15. The van der Waals surface area contributed by atoms with Gasteiger partial charge in [-0.25, -0.2) is 0 Å². The molecular weight excluding hydrogens is 253 g/mol. The van der Waals surface area contributed by atoms with E-state index in [1.165, 1.54) is 0 Å². The Bertz CT molecular complexity index is 391. The summed E-state index contributed by atoms with van der Waals surface area (Å²) in [5.41, 5.74) is 2.19. The first kappa shape index (κ1) is 15.8. The highest BCUT2D eigenvalue weighted by atomic mass is 19.4. The number of hydrogen-bond acceptors (Lipinski definition) is 2. The molecule has 108 valence electrons. The van der Waals surface area contributed by atoms with E-state index in [9.17, 15) is 13.2 Å². The van der Waals surface area contributed by atoms with Gasteiger partial charge in [0.2, 0.25) is 0 Å². The number of halogens is 3. The Morgan fingerprint density at radius 2 is 2.00 bits per heavy atom. The van der Waals surface area contributed by atoms with Gasteiger partial charge in [-0.05, 0) is 38.5 Å². The molecule has 0 aliphatic carbocycles. The summed E-state index contributed by atoms with van der Waals surface area (Å²) in [5.74, 6) is 0. The van der Waals surface area contributed by atoms with Gasteiger partial charge < -0.3 is 10.2 Å². The normalized spacial score (nSPS) is 13.4. The summed E-state index contributed by atoms with van der Waals surface area (Å²) >= 11 is 0. The molecule has 19 heavy (non-hydrogen) atoms. The van der Waals surface area contributed by atoms with Gasteiger partial charge >= 0.3 is 6.18 Å². The SMILES string of the molecule is CCN(c1cccc(C)c1)C(C)CNCC(F)(F)F. The molecule has 0 aliphatic rings. The van der Waals surface area contributed by atoms with Crippen LogP contribution in [0.5, 0.6) is 0 Å². The maximum Gasteiger partial charge on any atom is 0.401 e. The van der Waals surface area contributed by atoms with Gasteiger partial charge in [0.05, 0.1) is 6.54 Å². The van der Waals surface area contributed by atoms with E-state index in [0.717, 1.165) is 17.8 Å². The number of likely N-dealkylation sites (N-methyl/N-ethyl adjacent to an activating group) is 1. The highest BCUT2D eigenvalue weighted by Gasteiger charge is 2.26. The van der Waals surface area contributed by atoms with Crippen LogP contribution in [0.3, 0.4) is 0 Å². The monoisotopic (exact) mass is 274 g/mol. The Morgan fingerprint density at radius 3 is 2.53 bits per heavy atom. The molecule has 2 nitrogen and oxygen atoms in total. The zero-order valence-electron chi connectivity index (χ0n) is 11.6. The van der Waals surface area contributed by atoms with E-state index in [4.69, 9.17) is 0 Å². The molecule has 1 atom stereocenters. The van der Waals surface area contributed by atoms with E-state index in [-0.39, 0.29) is 6.04 Å². The molecule has 1 rings (SSSR count). The molecule has 0 bridgehead atoms. The van der Waals surface area contributed by atoms with Crippen molar-refractivity contribution in [2.45, 2.75) is 33.0 Å². The molecule has 1 aromatic rings. The summed E-state index contributed by atoms with van der Waals surface area (Å²) in [6, 6.07) is 8.00. The fourth-order valence-corrected chi connectivity index (χ4v) is 2.09. The fourth-order valence-electron chi connectivity index (χ4n) is 2.09. The number of aryl methyl sites for hydroxylation is 1. The van der Waals surface area contributed by atoms with Crippen LogP contribution in [0, 0.1) is 6.92 Å². The molecule has 1 N–H and O–H groups in total. The molecule has 0 fully saturated rings. The van der Waals surface area contributed by atoms with Crippen molar-refractivity contribution >= 4 is 5.69 Å². The third-order valence-corrected chi connectivity index (χ3v) is 2.97. The van der Waals surface area contributed by atoms with Crippen molar-refractivity contribution in [1.29, 1.82) is 0 Å². The molecule has 0 spiro atoms. The van der Waals surface area contributed by atoms with E-state index in [0.29, 0.717) is 6.54 Å². The second kappa shape index (κ2) is 6.80. The highest BCUT2D eigenvalue weighted by molar-refractivity contribution is 5.49. The molecule has 0 radical (unpaired) electrons. The molecule has 0 aromatic heterocycles. The van der Waals surface area contributed by atoms with E-state index in [2.05, 4.69) is 10.2 Å². The van der Waals surface area contributed by atoms with E-state index >= 15 is 0 Å². The molecule has 1 aromatic carbocycles. The molecule has 5 heteroatoms. The molecule has 0 saturated heterocycles. The predicted molar refractivity (Wildman–Crippen MR) is 72.6 cm³/mol. The van der Waals surface area contributed by atoms with Crippen LogP contribution in [0.15, 0.2) is 24.3 Å². The quantitative estimate of drug-likeness (QED) is 0.855. The summed E-state index contributed by atoms with van der Waals surface area (Å²) in [5, 5.41) is 2.46. The maximum atomic E-state index is 12.1. The minimum absolute atomic E-state index is 0.00847. The van der Waals surface area contributed by atoms with Crippen molar-refractivity contribution in [3.63, 3.8) is 0 Å². The number of benzene rings is 1. The van der Waals surface area contributed by atoms with Gasteiger partial charge in [0, 0.05) is 24.8 Å². The second-order valence-electron chi connectivity index (χ2n) is 4.72. The number of nitrogens with one attached hydrogen (secondary N) is 1. The lowest BCUT2D eigenvalue weighted by Gasteiger charge is -2.31. The van der Waals surface area contributed by atoms with Crippen LogP contribution in [0.4, 0.5) is 18.9 Å². The maximum absolute atomic E-state index is 12.1. The lowest BCUT2D eigenvalue weighted by molar-refractivity contribution is -0.124. The van der Waals surface area contributed by atoms with Crippen molar-refractivity contribution < 1.29 is 13.2 Å². The second-order valence-corrected chi connectivity index (χ2v) is 4.72. The Kier molecular flexibility index (Phi) is 5.66. The van der Waals surface area contributed by atoms with Crippen molar-refractivity contribution in [3.05, 3.63) is 29.8 Å². The van der Waals surface area contributed by atoms with Crippen LogP contribution in [0.1, 0.15) is 19.4 Å². The molecule has 0 amide bonds. The van der Waals surface area contributed by atoms with Crippen LogP contribution in [-0.4, -0.2) is 31.9 Å². The molecular formula is C14H21F3N2. The first-order chi connectivity index (χ1) is 8.83. The summed E-state index contributed by atoms with van der Waals surface area (Å²) < 4.78 is 36.3. The fraction of sp³-hybridized carbons (Fsp3) is 0.571. The average Bonchev–Trinajstić information content (AvgIpc) is 2.28. The minimum atomic E-state index is -4.15. The van der Waals surface area contributed by atoms with Crippen molar-refractivity contribution in [3.8, 4) is 0 Å². The standard InChI is InChI=1S/C14H21F3N2/c1-4-19(13-7-5-6-11(2)8-13)12(3)9-18-10-14(15,16)17/h5-8,12,18H,4,9-10H2,1-3H3. The smallest absolute Gasteiger partial charge is 0.368 e. The molecule has 1 unspecified atom stereocenters. The van der Waals surface area contributed by atoms with Gasteiger partial charge in [-0.3, -0.25) is 0 Å². The van der Waals surface area contributed by atoms with Gasteiger partial charge in [0.15, 0.2) is 0 Å². The van der Waals surface area contributed by atoms with Crippen LogP contribution < -0.4 is 10.2 Å². The van der Waals surface area contributed by atoms with Crippen molar-refractivity contribution in [1.82, 2.24) is 5.32 Å². The molecule has 0 heterocycles.